The van der Waals surface area contributed by atoms with Crippen molar-refractivity contribution in [3.05, 3.63) is 54.1 Å². The van der Waals surface area contributed by atoms with E-state index >= 15 is 0 Å². The van der Waals surface area contributed by atoms with Gasteiger partial charge < -0.3 is 10.6 Å². The fourth-order valence-electron chi connectivity index (χ4n) is 1.97. The number of nitrogens with zero attached hydrogens (tertiary/aromatic N) is 3. The summed E-state index contributed by atoms with van der Waals surface area (Å²) in [5, 5.41) is 0. The number of carbonyl (C=O) groups is 1. The van der Waals surface area contributed by atoms with Gasteiger partial charge in [-0.2, -0.15) is 0 Å². The SMILES string of the molecule is CCN(CCc1ccncc1)C(=O)c1cncc(N)c1. The van der Waals surface area contributed by atoms with Gasteiger partial charge >= 0.3 is 0 Å². The third-order valence-corrected chi connectivity index (χ3v) is 3.10. The Kier molecular flexibility index (Phi) is 4.65. The van der Waals surface area contributed by atoms with Gasteiger partial charge in [0.25, 0.3) is 5.91 Å². The number of nitrogens with two attached hydrogens (primary N) is 1. The van der Waals surface area contributed by atoms with Crippen LogP contribution in [0.15, 0.2) is 43.0 Å². The van der Waals surface area contributed by atoms with Crippen LogP contribution in [0.25, 0.3) is 0 Å². The number of likely N-dealkylation sites (N-methyl/N-ethyl adjacent to an activating group) is 1. The maximum Gasteiger partial charge on any atom is 0.255 e. The van der Waals surface area contributed by atoms with Gasteiger partial charge in [0.05, 0.1) is 11.3 Å². The van der Waals surface area contributed by atoms with Gasteiger partial charge in [0.1, 0.15) is 0 Å². The van der Waals surface area contributed by atoms with Crippen LogP contribution in [0.5, 0.6) is 0 Å². The van der Waals surface area contributed by atoms with Gasteiger partial charge in [-0.15, -0.1) is 0 Å². The molecule has 0 aromatic carbocycles. The van der Waals surface area contributed by atoms with E-state index < -0.39 is 0 Å². The van der Waals surface area contributed by atoms with Crippen molar-refractivity contribution in [2.45, 2.75) is 13.3 Å². The number of hydrogen-bond acceptors (Lipinski definition) is 4. The molecular formula is C15H18N4O. The number of hydrogen-bond donors (Lipinski definition) is 1. The average Bonchev–Trinajstić information content (AvgIpc) is 2.48. The van der Waals surface area contributed by atoms with E-state index in [0.717, 1.165) is 12.0 Å². The first kappa shape index (κ1) is 14.0. The summed E-state index contributed by atoms with van der Waals surface area (Å²) < 4.78 is 0. The van der Waals surface area contributed by atoms with Crippen LogP contribution in [-0.4, -0.2) is 33.9 Å². The molecule has 2 N–H and O–H groups in total. The Hall–Kier alpha value is -2.43. The minimum Gasteiger partial charge on any atom is -0.397 e. The maximum atomic E-state index is 12.4. The predicted molar refractivity (Wildman–Crippen MR) is 78.2 cm³/mol. The molecule has 5 nitrogen and oxygen atoms in total. The summed E-state index contributed by atoms with van der Waals surface area (Å²) in [6.07, 6.45) is 7.40. The summed E-state index contributed by atoms with van der Waals surface area (Å²) in [5.74, 6) is -0.0404. The van der Waals surface area contributed by atoms with Crippen molar-refractivity contribution in [1.82, 2.24) is 14.9 Å². The highest BCUT2D eigenvalue weighted by Crippen LogP contribution is 2.09. The molecule has 104 valence electrons. The van der Waals surface area contributed by atoms with E-state index in [1.165, 1.54) is 6.20 Å². The molecule has 0 spiro atoms. The van der Waals surface area contributed by atoms with E-state index in [-0.39, 0.29) is 5.91 Å². The highest BCUT2D eigenvalue weighted by Gasteiger charge is 2.14. The summed E-state index contributed by atoms with van der Waals surface area (Å²) in [4.78, 5) is 22.1. The van der Waals surface area contributed by atoms with Crippen molar-refractivity contribution in [3.8, 4) is 0 Å². The third kappa shape index (κ3) is 3.54. The molecule has 0 radical (unpaired) electrons. The zero-order valence-corrected chi connectivity index (χ0v) is 11.5. The van der Waals surface area contributed by atoms with Gasteiger partial charge in [0.2, 0.25) is 0 Å². The molecule has 0 aliphatic heterocycles. The maximum absolute atomic E-state index is 12.4. The normalized spacial score (nSPS) is 10.2. The van der Waals surface area contributed by atoms with Crippen LogP contribution in [0.4, 0.5) is 5.69 Å². The Morgan fingerprint density at radius 1 is 1.25 bits per heavy atom. The van der Waals surface area contributed by atoms with Gasteiger partial charge in [0, 0.05) is 37.9 Å². The first-order valence-corrected chi connectivity index (χ1v) is 6.59. The van der Waals surface area contributed by atoms with Gasteiger partial charge in [-0.1, -0.05) is 0 Å². The van der Waals surface area contributed by atoms with E-state index in [1.54, 1.807) is 29.6 Å². The van der Waals surface area contributed by atoms with Gasteiger partial charge in [0.15, 0.2) is 0 Å². The van der Waals surface area contributed by atoms with Crippen LogP contribution in [0.3, 0.4) is 0 Å². The number of aromatic nitrogens is 2. The molecule has 0 aliphatic rings. The van der Waals surface area contributed by atoms with Crippen LogP contribution in [0.2, 0.25) is 0 Å². The minimum atomic E-state index is -0.0404. The van der Waals surface area contributed by atoms with E-state index in [2.05, 4.69) is 9.97 Å². The van der Waals surface area contributed by atoms with Crippen molar-refractivity contribution in [2.75, 3.05) is 18.8 Å². The monoisotopic (exact) mass is 270 g/mol. The molecule has 2 heterocycles. The van der Waals surface area contributed by atoms with Crippen molar-refractivity contribution in [1.29, 1.82) is 0 Å². The third-order valence-electron chi connectivity index (χ3n) is 3.10. The zero-order chi connectivity index (χ0) is 14.4. The summed E-state index contributed by atoms with van der Waals surface area (Å²) >= 11 is 0. The second-order valence-corrected chi connectivity index (χ2v) is 4.50. The summed E-state index contributed by atoms with van der Waals surface area (Å²) in [5.41, 5.74) is 7.86. The van der Waals surface area contributed by atoms with Crippen molar-refractivity contribution in [3.63, 3.8) is 0 Å². The second-order valence-electron chi connectivity index (χ2n) is 4.50. The number of pyridine rings is 2. The average molecular weight is 270 g/mol. The number of amides is 1. The van der Waals surface area contributed by atoms with E-state index in [4.69, 9.17) is 5.73 Å². The second kappa shape index (κ2) is 6.65. The largest absolute Gasteiger partial charge is 0.397 e. The molecule has 0 unspecified atom stereocenters. The van der Waals surface area contributed by atoms with Crippen LogP contribution < -0.4 is 5.73 Å². The molecule has 5 heteroatoms. The minimum absolute atomic E-state index is 0.0404. The lowest BCUT2D eigenvalue weighted by Crippen LogP contribution is -2.32. The molecule has 0 bridgehead atoms. The number of anilines is 1. The highest BCUT2D eigenvalue weighted by atomic mass is 16.2. The Morgan fingerprint density at radius 3 is 2.65 bits per heavy atom. The topological polar surface area (TPSA) is 72.1 Å². The molecule has 2 rings (SSSR count). The van der Waals surface area contributed by atoms with E-state index in [0.29, 0.717) is 24.3 Å². The van der Waals surface area contributed by atoms with E-state index in [9.17, 15) is 4.79 Å². The van der Waals surface area contributed by atoms with Gasteiger partial charge in [-0.3, -0.25) is 14.8 Å². The Bertz CT molecular complexity index is 571. The Labute approximate surface area is 118 Å². The van der Waals surface area contributed by atoms with Crippen molar-refractivity contribution < 1.29 is 4.79 Å². The van der Waals surface area contributed by atoms with Gasteiger partial charge in [-0.05, 0) is 37.1 Å². The van der Waals surface area contributed by atoms with Crippen molar-refractivity contribution >= 4 is 11.6 Å². The lowest BCUT2D eigenvalue weighted by atomic mass is 10.1. The molecule has 20 heavy (non-hydrogen) atoms. The summed E-state index contributed by atoms with van der Waals surface area (Å²) in [7, 11) is 0. The fraction of sp³-hybridized carbons (Fsp3) is 0.267. The molecule has 2 aromatic heterocycles. The molecular weight excluding hydrogens is 252 g/mol. The molecule has 0 saturated heterocycles. The first-order chi connectivity index (χ1) is 9.70. The standard InChI is InChI=1S/C15H18N4O/c1-2-19(8-5-12-3-6-17-7-4-12)15(20)13-9-14(16)11-18-10-13/h3-4,6-7,9-11H,2,5,8,16H2,1H3. The van der Waals surface area contributed by atoms with Crippen LogP contribution >= 0.6 is 0 Å². The van der Waals surface area contributed by atoms with E-state index in [1.807, 2.05) is 19.1 Å². The quantitative estimate of drug-likeness (QED) is 0.898. The Balaban J connectivity index is 2.03. The number of nitrogen functional groups attached to an aromatic ring is 1. The van der Waals surface area contributed by atoms with Crippen molar-refractivity contribution in [2.24, 2.45) is 0 Å². The first-order valence-electron chi connectivity index (χ1n) is 6.59. The zero-order valence-electron chi connectivity index (χ0n) is 11.5. The number of carbonyl (C=O) groups excluding carboxylic acids is 1. The Morgan fingerprint density at radius 2 is 2.00 bits per heavy atom. The molecule has 2 aromatic rings. The summed E-state index contributed by atoms with van der Waals surface area (Å²) in [6, 6.07) is 5.57. The summed E-state index contributed by atoms with van der Waals surface area (Å²) in [6.45, 7) is 3.27. The molecule has 0 atom stereocenters. The highest BCUT2D eigenvalue weighted by molar-refractivity contribution is 5.94. The van der Waals surface area contributed by atoms with Gasteiger partial charge in [-0.25, -0.2) is 0 Å². The molecule has 0 saturated carbocycles. The number of rotatable bonds is 5. The smallest absolute Gasteiger partial charge is 0.255 e. The predicted octanol–water partition coefficient (Wildman–Crippen LogP) is 1.76. The fourth-order valence-corrected chi connectivity index (χ4v) is 1.97. The lowest BCUT2D eigenvalue weighted by molar-refractivity contribution is 0.0766. The molecule has 0 fully saturated rings. The van der Waals surface area contributed by atoms with Crippen LogP contribution in [0, 0.1) is 0 Å². The molecule has 0 aliphatic carbocycles. The molecule has 1 amide bonds. The van der Waals surface area contributed by atoms with Crippen LogP contribution in [-0.2, 0) is 6.42 Å². The lowest BCUT2D eigenvalue weighted by Gasteiger charge is -2.21. The van der Waals surface area contributed by atoms with Crippen LogP contribution in [0.1, 0.15) is 22.8 Å².